The van der Waals surface area contributed by atoms with E-state index >= 15 is 0 Å². The first-order valence-electron chi connectivity index (χ1n) is 6.92. The van der Waals surface area contributed by atoms with Gasteiger partial charge >= 0.3 is 0 Å². The fraction of sp³-hybridized carbons (Fsp3) is 0.467. The molecule has 0 aliphatic heterocycles. The zero-order chi connectivity index (χ0) is 13.8. The summed E-state index contributed by atoms with van der Waals surface area (Å²) in [6, 6.07) is 7.88. The second-order valence-corrected chi connectivity index (χ2v) is 4.58. The van der Waals surface area contributed by atoms with Crippen LogP contribution >= 0.6 is 0 Å². The molecule has 0 saturated carbocycles. The molecule has 1 atom stereocenters. The number of aromatic nitrogens is 3. The van der Waals surface area contributed by atoms with Gasteiger partial charge in [0.2, 0.25) is 0 Å². The van der Waals surface area contributed by atoms with E-state index < -0.39 is 0 Å². The minimum atomic E-state index is -0.387. The Morgan fingerprint density at radius 1 is 1.11 bits per heavy atom. The van der Waals surface area contributed by atoms with Crippen LogP contribution < -0.4 is 0 Å². The van der Waals surface area contributed by atoms with Crippen molar-refractivity contribution in [2.45, 2.75) is 46.1 Å². The lowest BCUT2D eigenvalue weighted by molar-refractivity contribution is 0.173. The fourth-order valence-electron chi connectivity index (χ4n) is 2.05. The number of aliphatic hydroxyl groups is 1. The lowest BCUT2D eigenvalue weighted by Crippen LogP contribution is -2.03. The smallest absolute Gasteiger partial charge is 0.151 e. The first kappa shape index (κ1) is 13.7. The van der Waals surface area contributed by atoms with E-state index in [9.17, 15) is 5.11 Å². The average molecular weight is 259 g/mol. The van der Waals surface area contributed by atoms with Gasteiger partial charge in [0.05, 0.1) is 11.8 Å². The highest BCUT2D eigenvalue weighted by Crippen LogP contribution is 2.19. The van der Waals surface area contributed by atoms with E-state index in [1.807, 2.05) is 35.9 Å². The Morgan fingerprint density at radius 2 is 1.79 bits per heavy atom. The maximum absolute atomic E-state index is 9.80. The van der Waals surface area contributed by atoms with Crippen molar-refractivity contribution in [3.05, 3.63) is 41.5 Å². The number of hydrogen-bond acceptors (Lipinski definition) is 3. The van der Waals surface area contributed by atoms with Crippen molar-refractivity contribution in [1.82, 2.24) is 14.8 Å². The van der Waals surface area contributed by atoms with E-state index in [1.54, 1.807) is 0 Å². The Bertz CT molecular complexity index is 531. The molecule has 1 heterocycles. The van der Waals surface area contributed by atoms with Crippen LogP contribution in [0.1, 0.15) is 50.5 Å². The van der Waals surface area contributed by atoms with Gasteiger partial charge in [-0.15, -0.1) is 0 Å². The van der Waals surface area contributed by atoms with Crippen LogP contribution in [0.5, 0.6) is 0 Å². The summed E-state index contributed by atoms with van der Waals surface area (Å²) in [5.41, 5.74) is 1.94. The van der Waals surface area contributed by atoms with Crippen LogP contribution in [0.2, 0.25) is 0 Å². The number of benzene rings is 1. The molecule has 1 N–H and O–H groups in total. The van der Waals surface area contributed by atoms with Crippen molar-refractivity contribution < 1.29 is 5.11 Å². The Morgan fingerprint density at radius 3 is 2.32 bits per heavy atom. The van der Waals surface area contributed by atoms with Gasteiger partial charge in [0.15, 0.2) is 5.82 Å². The number of aryl methyl sites for hydroxylation is 2. The third-order valence-electron chi connectivity index (χ3n) is 3.26. The SMILES string of the molecule is CCc1nc(CC)n(-c2ccc([C@@H](O)CC)cc2)n1. The molecule has 0 bridgehead atoms. The van der Waals surface area contributed by atoms with Crippen LogP contribution in [0, 0.1) is 0 Å². The molecule has 0 spiro atoms. The van der Waals surface area contributed by atoms with Gasteiger partial charge in [0.1, 0.15) is 5.82 Å². The summed E-state index contributed by atoms with van der Waals surface area (Å²) in [4.78, 5) is 4.50. The highest BCUT2D eigenvalue weighted by atomic mass is 16.3. The van der Waals surface area contributed by atoms with Crippen molar-refractivity contribution >= 4 is 0 Å². The molecule has 0 fully saturated rings. The largest absolute Gasteiger partial charge is 0.388 e. The molecule has 0 amide bonds. The van der Waals surface area contributed by atoms with E-state index in [-0.39, 0.29) is 6.10 Å². The zero-order valence-electron chi connectivity index (χ0n) is 11.8. The second kappa shape index (κ2) is 5.97. The van der Waals surface area contributed by atoms with E-state index in [0.29, 0.717) is 0 Å². The molecule has 1 aromatic carbocycles. The molecule has 2 rings (SSSR count). The molecule has 0 radical (unpaired) electrons. The van der Waals surface area contributed by atoms with E-state index in [4.69, 9.17) is 0 Å². The molecule has 4 heteroatoms. The first-order valence-corrected chi connectivity index (χ1v) is 6.92. The van der Waals surface area contributed by atoms with Gasteiger partial charge in [-0.1, -0.05) is 32.9 Å². The van der Waals surface area contributed by atoms with Crippen molar-refractivity contribution in [3.63, 3.8) is 0 Å². The van der Waals surface area contributed by atoms with Crippen LogP contribution in [0.3, 0.4) is 0 Å². The van der Waals surface area contributed by atoms with Crippen molar-refractivity contribution in [2.24, 2.45) is 0 Å². The average Bonchev–Trinajstić information content (AvgIpc) is 2.90. The Labute approximate surface area is 114 Å². The van der Waals surface area contributed by atoms with Crippen LogP contribution in [0.25, 0.3) is 5.69 Å². The summed E-state index contributed by atoms with van der Waals surface area (Å²) in [5.74, 6) is 1.84. The summed E-state index contributed by atoms with van der Waals surface area (Å²) < 4.78 is 1.89. The Hall–Kier alpha value is -1.68. The molecular formula is C15H21N3O. The minimum absolute atomic E-state index is 0.387. The molecule has 19 heavy (non-hydrogen) atoms. The zero-order valence-corrected chi connectivity index (χ0v) is 11.8. The van der Waals surface area contributed by atoms with Gasteiger partial charge in [-0.05, 0) is 24.1 Å². The summed E-state index contributed by atoms with van der Waals surface area (Å²) in [6.07, 6.45) is 2.03. The standard InChI is InChI=1S/C15H21N3O/c1-4-13(19)11-7-9-12(10-8-11)18-15(6-3)16-14(5-2)17-18/h7-10,13,19H,4-6H2,1-3H3/t13-/m0/s1. The number of nitrogens with zero attached hydrogens (tertiary/aromatic N) is 3. The summed E-state index contributed by atoms with van der Waals surface area (Å²) >= 11 is 0. The fourth-order valence-corrected chi connectivity index (χ4v) is 2.05. The maximum atomic E-state index is 9.80. The van der Waals surface area contributed by atoms with E-state index in [2.05, 4.69) is 23.9 Å². The molecule has 0 saturated heterocycles. The van der Waals surface area contributed by atoms with Gasteiger partial charge in [0, 0.05) is 12.8 Å². The molecule has 0 aliphatic carbocycles. The van der Waals surface area contributed by atoms with Crippen LogP contribution in [0.4, 0.5) is 0 Å². The van der Waals surface area contributed by atoms with Crippen LogP contribution in [-0.2, 0) is 12.8 Å². The highest BCUT2D eigenvalue weighted by molar-refractivity contribution is 5.35. The summed E-state index contributed by atoms with van der Waals surface area (Å²) in [6.45, 7) is 6.10. The molecule has 2 aromatic rings. The number of hydrogen-bond donors (Lipinski definition) is 1. The second-order valence-electron chi connectivity index (χ2n) is 4.58. The monoisotopic (exact) mass is 259 g/mol. The van der Waals surface area contributed by atoms with Gasteiger partial charge < -0.3 is 5.11 Å². The predicted octanol–water partition coefficient (Wildman–Crippen LogP) is 2.84. The lowest BCUT2D eigenvalue weighted by Gasteiger charge is -2.09. The summed E-state index contributed by atoms with van der Waals surface area (Å²) in [5, 5.41) is 14.3. The van der Waals surface area contributed by atoms with Gasteiger partial charge in [-0.25, -0.2) is 9.67 Å². The van der Waals surface area contributed by atoms with Crippen LogP contribution in [0.15, 0.2) is 24.3 Å². The van der Waals surface area contributed by atoms with Gasteiger partial charge in [0.25, 0.3) is 0 Å². The molecule has 4 nitrogen and oxygen atoms in total. The van der Waals surface area contributed by atoms with E-state index in [0.717, 1.165) is 42.2 Å². The highest BCUT2D eigenvalue weighted by Gasteiger charge is 2.10. The van der Waals surface area contributed by atoms with Crippen molar-refractivity contribution in [3.8, 4) is 5.69 Å². The third kappa shape index (κ3) is 2.84. The van der Waals surface area contributed by atoms with Crippen molar-refractivity contribution in [2.75, 3.05) is 0 Å². The Balaban J connectivity index is 2.34. The maximum Gasteiger partial charge on any atom is 0.151 e. The molecule has 1 aromatic heterocycles. The number of rotatable bonds is 5. The summed E-state index contributed by atoms with van der Waals surface area (Å²) in [7, 11) is 0. The van der Waals surface area contributed by atoms with Gasteiger partial charge in [-0.3, -0.25) is 0 Å². The third-order valence-corrected chi connectivity index (χ3v) is 3.26. The predicted molar refractivity (Wildman–Crippen MR) is 75.4 cm³/mol. The Kier molecular flexibility index (Phi) is 4.32. The van der Waals surface area contributed by atoms with Gasteiger partial charge in [-0.2, -0.15) is 5.10 Å². The van der Waals surface area contributed by atoms with Crippen LogP contribution in [-0.4, -0.2) is 19.9 Å². The minimum Gasteiger partial charge on any atom is -0.388 e. The lowest BCUT2D eigenvalue weighted by atomic mass is 10.1. The van der Waals surface area contributed by atoms with Crippen molar-refractivity contribution in [1.29, 1.82) is 0 Å². The topological polar surface area (TPSA) is 50.9 Å². The molecule has 0 unspecified atom stereocenters. The quantitative estimate of drug-likeness (QED) is 0.898. The molecular weight excluding hydrogens is 238 g/mol. The first-order chi connectivity index (χ1) is 9.19. The van der Waals surface area contributed by atoms with E-state index in [1.165, 1.54) is 0 Å². The molecule has 0 aliphatic rings. The number of aliphatic hydroxyl groups excluding tert-OH is 1. The normalized spacial score (nSPS) is 12.6. The molecule has 102 valence electrons.